The minimum absolute atomic E-state index is 0. The van der Waals surface area contributed by atoms with Crippen LogP contribution in [0, 0.1) is 0 Å². The summed E-state index contributed by atoms with van der Waals surface area (Å²) in [7, 11) is 0. The lowest BCUT2D eigenvalue weighted by Gasteiger charge is -2.14. The summed E-state index contributed by atoms with van der Waals surface area (Å²) in [6.45, 7) is 8.50. The van der Waals surface area contributed by atoms with E-state index in [-0.39, 0.29) is 12.4 Å². The van der Waals surface area contributed by atoms with Crippen LogP contribution in [0.1, 0.15) is 59.3 Å². The summed E-state index contributed by atoms with van der Waals surface area (Å²) in [5.41, 5.74) is 0. The number of unbranched alkanes of at least 4 members (excludes halogenated alkanes) is 5. The number of aliphatic hydroxyl groups excluding tert-OH is 1. The predicted octanol–water partition coefficient (Wildman–Crippen LogP) is 5.30. The molecule has 0 fully saturated rings. The van der Waals surface area contributed by atoms with E-state index in [9.17, 15) is 5.11 Å². The van der Waals surface area contributed by atoms with Crippen LogP contribution >= 0.6 is 24.2 Å². The summed E-state index contributed by atoms with van der Waals surface area (Å²) in [6.07, 6.45) is 7.31. The van der Waals surface area contributed by atoms with Crippen LogP contribution in [0.3, 0.4) is 0 Å². The highest BCUT2D eigenvalue weighted by molar-refractivity contribution is 7.99. The molecule has 0 spiro atoms. The molecule has 0 aromatic heterocycles. The molecule has 1 aromatic carbocycles. The van der Waals surface area contributed by atoms with Crippen molar-refractivity contribution in [2.24, 2.45) is 0 Å². The number of aliphatic hydroxyl groups is 1. The number of benzene rings is 1. The van der Waals surface area contributed by atoms with Gasteiger partial charge in [0.25, 0.3) is 0 Å². The van der Waals surface area contributed by atoms with Crippen molar-refractivity contribution >= 4 is 24.2 Å². The number of halogens is 1. The monoisotopic (exact) mass is 389 g/mol. The van der Waals surface area contributed by atoms with Crippen molar-refractivity contribution in [1.29, 1.82) is 0 Å². The maximum atomic E-state index is 10.0. The van der Waals surface area contributed by atoms with Gasteiger partial charge in [0.15, 0.2) is 0 Å². The van der Waals surface area contributed by atoms with Crippen molar-refractivity contribution < 1.29 is 9.84 Å². The summed E-state index contributed by atoms with van der Waals surface area (Å²) < 4.78 is 5.71. The Bertz CT molecular complexity index is 432. The molecule has 0 aliphatic heterocycles. The average molecular weight is 390 g/mol. The van der Waals surface area contributed by atoms with Gasteiger partial charge in [0.2, 0.25) is 0 Å². The van der Waals surface area contributed by atoms with Crippen LogP contribution < -0.4 is 10.1 Å². The van der Waals surface area contributed by atoms with Crippen LogP contribution in [0.5, 0.6) is 5.75 Å². The van der Waals surface area contributed by atoms with Gasteiger partial charge in [-0.25, -0.2) is 0 Å². The first-order valence-corrected chi connectivity index (χ1v) is 10.3. The minimum atomic E-state index is -0.466. The Morgan fingerprint density at radius 3 is 2.56 bits per heavy atom. The van der Waals surface area contributed by atoms with Crippen molar-refractivity contribution in [3.63, 3.8) is 0 Å². The van der Waals surface area contributed by atoms with E-state index in [0.717, 1.165) is 12.3 Å². The van der Waals surface area contributed by atoms with Crippen molar-refractivity contribution in [3.8, 4) is 5.75 Å². The Hall–Kier alpha value is -0.420. The molecular formula is C20H36ClNO2S. The van der Waals surface area contributed by atoms with E-state index in [4.69, 9.17) is 4.74 Å². The molecule has 0 aliphatic carbocycles. The first-order chi connectivity index (χ1) is 11.6. The summed E-state index contributed by atoms with van der Waals surface area (Å²) in [5, 5.41) is 13.9. The molecule has 25 heavy (non-hydrogen) atoms. The van der Waals surface area contributed by atoms with Gasteiger partial charge in [0, 0.05) is 16.7 Å². The number of nitrogens with one attached hydrogen (secondary N) is 1. The topological polar surface area (TPSA) is 41.5 Å². The first kappa shape index (κ1) is 24.6. The van der Waals surface area contributed by atoms with Gasteiger partial charge < -0.3 is 15.2 Å². The van der Waals surface area contributed by atoms with Gasteiger partial charge in [-0.2, -0.15) is 0 Å². The van der Waals surface area contributed by atoms with Crippen molar-refractivity contribution in [3.05, 3.63) is 24.3 Å². The maximum absolute atomic E-state index is 10.0. The van der Waals surface area contributed by atoms with Gasteiger partial charge in [-0.15, -0.1) is 24.2 Å². The average Bonchev–Trinajstić information content (AvgIpc) is 2.55. The fourth-order valence-electron chi connectivity index (χ4n) is 2.46. The number of ether oxygens (including phenoxy) is 1. The zero-order chi connectivity index (χ0) is 17.6. The van der Waals surface area contributed by atoms with Gasteiger partial charge in [-0.1, -0.05) is 58.9 Å². The van der Waals surface area contributed by atoms with Gasteiger partial charge in [0.1, 0.15) is 18.5 Å². The van der Waals surface area contributed by atoms with Crippen LogP contribution in [0.15, 0.2) is 29.2 Å². The van der Waals surface area contributed by atoms with Gasteiger partial charge in [0.05, 0.1) is 0 Å². The first-order valence-electron chi connectivity index (χ1n) is 9.40. The molecule has 1 atom stereocenters. The van der Waals surface area contributed by atoms with Crippen LogP contribution in [0.2, 0.25) is 0 Å². The molecule has 0 amide bonds. The Balaban J connectivity index is 0.00000576. The summed E-state index contributed by atoms with van der Waals surface area (Å²) in [5.74, 6) is 0.829. The molecule has 1 rings (SSSR count). The second kappa shape index (κ2) is 15.8. The Kier molecular flexibility index (Phi) is 15.5. The quantitative estimate of drug-likeness (QED) is 0.334. The van der Waals surface area contributed by atoms with Crippen LogP contribution in [-0.2, 0) is 0 Å². The fraction of sp³-hybridized carbons (Fsp3) is 0.700. The highest BCUT2D eigenvalue weighted by atomic mass is 35.5. The lowest BCUT2D eigenvalue weighted by Crippen LogP contribution is -2.32. The Morgan fingerprint density at radius 1 is 1.12 bits per heavy atom. The van der Waals surface area contributed by atoms with Gasteiger partial charge in [-0.05, 0) is 31.2 Å². The smallest absolute Gasteiger partial charge is 0.120 e. The normalized spacial score (nSPS) is 12.0. The fourth-order valence-corrected chi connectivity index (χ4v) is 3.35. The molecule has 0 aliphatic rings. The van der Waals surface area contributed by atoms with E-state index in [0.29, 0.717) is 18.4 Å². The summed E-state index contributed by atoms with van der Waals surface area (Å²) in [6, 6.07) is 8.08. The molecular weight excluding hydrogens is 354 g/mol. The van der Waals surface area contributed by atoms with E-state index in [1.54, 1.807) is 0 Å². The molecule has 3 nitrogen and oxygen atoms in total. The highest BCUT2D eigenvalue weighted by Crippen LogP contribution is 2.26. The molecule has 0 saturated heterocycles. The largest absolute Gasteiger partial charge is 0.491 e. The lowest BCUT2D eigenvalue weighted by molar-refractivity contribution is 0.106. The Morgan fingerprint density at radius 2 is 1.84 bits per heavy atom. The summed E-state index contributed by atoms with van der Waals surface area (Å²) in [4.78, 5) is 1.21. The number of hydrogen-bond acceptors (Lipinski definition) is 4. The van der Waals surface area contributed by atoms with Gasteiger partial charge in [-0.3, -0.25) is 0 Å². The molecule has 0 radical (unpaired) electrons. The molecule has 0 bridgehead atoms. The third-order valence-corrected chi connectivity index (χ3v) is 4.70. The highest BCUT2D eigenvalue weighted by Gasteiger charge is 2.06. The lowest BCUT2D eigenvalue weighted by atomic mass is 10.1. The van der Waals surface area contributed by atoms with Crippen molar-refractivity contribution in [1.82, 2.24) is 5.32 Å². The van der Waals surface area contributed by atoms with E-state index in [2.05, 4.69) is 32.2 Å². The SMILES string of the molecule is CCCCCCCCNCC(O)COc1cccc(SC(C)C)c1.Cl. The second-order valence-electron chi connectivity index (χ2n) is 6.58. The van der Waals surface area contributed by atoms with Crippen LogP contribution in [0.25, 0.3) is 0 Å². The number of hydrogen-bond donors (Lipinski definition) is 2. The van der Waals surface area contributed by atoms with E-state index in [1.165, 1.54) is 43.4 Å². The molecule has 1 unspecified atom stereocenters. The molecule has 5 heteroatoms. The van der Waals surface area contributed by atoms with Crippen molar-refractivity contribution in [2.75, 3.05) is 19.7 Å². The van der Waals surface area contributed by atoms with E-state index in [1.807, 2.05) is 30.0 Å². The Labute approximate surface area is 164 Å². The minimum Gasteiger partial charge on any atom is -0.491 e. The maximum Gasteiger partial charge on any atom is 0.120 e. The summed E-state index contributed by atoms with van der Waals surface area (Å²) >= 11 is 1.82. The van der Waals surface area contributed by atoms with Crippen LogP contribution in [0.4, 0.5) is 0 Å². The van der Waals surface area contributed by atoms with Gasteiger partial charge >= 0.3 is 0 Å². The molecule has 146 valence electrons. The third-order valence-electron chi connectivity index (χ3n) is 3.71. The molecule has 0 saturated carbocycles. The predicted molar refractivity (Wildman–Crippen MR) is 112 cm³/mol. The van der Waals surface area contributed by atoms with Crippen molar-refractivity contribution in [2.45, 2.75) is 75.5 Å². The zero-order valence-corrected chi connectivity index (χ0v) is 17.6. The van der Waals surface area contributed by atoms with E-state index < -0.39 is 6.10 Å². The second-order valence-corrected chi connectivity index (χ2v) is 8.23. The number of rotatable bonds is 14. The molecule has 1 aromatic rings. The van der Waals surface area contributed by atoms with E-state index >= 15 is 0 Å². The van der Waals surface area contributed by atoms with Crippen LogP contribution in [-0.4, -0.2) is 36.2 Å². The third kappa shape index (κ3) is 13.4. The molecule has 2 N–H and O–H groups in total. The zero-order valence-electron chi connectivity index (χ0n) is 16.0. The standard InChI is InChI=1S/C20H35NO2S.ClH/c1-4-5-6-7-8-9-13-21-15-18(22)16-23-19-11-10-12-20(14-19)24-17(2)3;/h10-12,14,17-18,21-22H,4-9,13,15-16H2,1-3H3;1H. The molecule has 0 heterocycles. The number of thioether (sulfide) groups is 1.